The second kappa shape index (κ2) is 13.3. The molecule has 1 aromatic heterocycles. The van der Waals surface area contributed by atoms with Crippen molar-refractivity contribution in [3.63, 3.8) is 0 Å². The molecule has 0 aliphatic heterocycles. The summed E-state index contributed by atoms with van der Waals surface area (Å²) in [4.78, 5) is 43.0. The largest absolute Gasteiger partial charge is 0.368 e. The summed E-state index contributed by atoms with van der Waals surface area (Å²) in [5.41, 5.74) is 2.19. The van der Waals surface area contributed by atoms with Crippen molar-refractivity contribution in [2.24, 2.45) is 0 Å². The molecule has 0 bridgehead atoms. The Morgan fingerprint density at radius 1 is 0.919 bits per heavy atom. The number of anilines is 2. The summed E-state index contributed by atoms with van der Waals surface area (Å²) in [5.74, 6) is 1.39. The van der Waals surface area contributed by atoms with Gasteiger partial charge in [0, 0.05) is 62.4 Å². The molecule has 11 heteroatoms. The average Bonchev–Trinajstić information content (AvgIpc) is 2.90. The smallest absolute Gasteiger partial charge is 0.270 e. The number of nitrogens with one attached hydrogen (secondary N) is 4. The van der Waals surface area contributed by atoms with Gasteiger partial charge in [0.25, 0.3) is 5.69 Å². The predicted octanol–water partition coefficient (Wildman–Crippen LogP) is 3.15. The summed E-state index contributed by atoms with van der Waals surface area (Å²) in [5, 5.41) is 22.9. The number of benzene rings is 2. The fraction of sp³-hybridized carbons (Fsp3) is 0.231. The van der Waals surface area contributed by atoms with E-state index in [0.717, 1.165) is 11.1 Å². The van der Waals surface area contributed by atoms with Crippen molar-refractivity contribution in [1.82, 2.24) is 20.6 Å². The molecule has 0 atom stereocenters. The van der Waals surface area contributed by atoms with Crippen molar-refractivity contribution in [1.29, 1.82) is 0 Å². The second-order valence-electron chi connectivity index (χ2n) is 8.05. The number of nitro benzene ring substituents is 1. The molecule has 192 valence electrons. The lowest BCUT2D eigenvalue weighted by molar-refractivity contribution is -0.384. The second-order valence-corrected chi connectivity index (χ2v) is 8.05. The standard InChI is InChI=1S/C26H29N7O4/c1-18-24(29-15-13-27-19(2)34)31-26(21-8-4-3-5-9-21)32-25(18)30-16-14-28-23(35)12-11-20-7-6-10-22(17-20)33(36)37/h3-12,17H,13-16H2,1-2H3,(H,27,34)(H,28,35)(H2,29,30,31,32)/b12-11+. The van der Waals surface area contributed by atoms with E-state index in [2.05, 4.69) is 31.2 Å². The molecule has 0 radical (unpaired) electrons. The third-order valence-electron chi connectivity index (χ3n) is 5.19. The highest BCUT2D eigenvalue weighted by Crippen LogP contribution is 2.25. The molecule has 2 aromatic carbocycles. The third-order valence-corrected chi connectivity index (χ3v) is 5.19. The Bertz CT molecular complexity index is 1280. The van der Waals surface area contributed by atoms with Crippen LogP contribution in [0.15, 0.2) is 60.7 Å². The molecule has 3 aromatic rings. The lowest BCUT2D eigenvalue weighted by Crippen LogP contribution is -2.28. The maximum Gasteiger partial charge on any atom is 0.270 e. The van der Waals surface area contributed by atoms with E-state index in [4.69, 9.17) is 0 Å². The van der Waals surface area contributed by atoms with Crippen LogP contribution in [0.25, 0.3) is 17.5 Å². The van der Waals surface area contributed by atoms with E-state index < -0.39 is 4.92 Å². The lowest BCUT2D eigenvalue weighted by atomic mass is 10.2. The van der Waals surface area contributed by atoms with Crippen LogP contribution >= 0.6 is 0 Å². The van der Waals surface area contributed by atoms with Crippen LogP contribution in [0, 0.1) is 17.0 Å². The van der Waals surface area contributed by atoms with Crippen molar-refractivity contribution >= 4 is 35.2 Å². The first kappa shape index (κ1) is 26.8. The van der Waals surface area contributed by atoms with Gasteiger partial charge < -0.3 is 21.3 Å². The van der Waals surface area contributed by atoms with Crippen LogP contribution in [0.3, 0.4) is 0 Å². The topological polar surface area (TPSA) is 151 Å². The maximum absolute atomic E-state index is 12.2. The predicted molar refractivity (Wildman–Crippen MR) is 143 cm³/mol. The molecule has 11 nitrogen and oxygen atoms in total. The molecule has 0 spiro atoms. The van der Waals surface area contributed by atoms with E-state index in [0.29, 0.717) is 49.2 Å². The van der Waals surface area contributed by atoms with E-state index >= 15 is 0 Å². The molecule has 0 saturated carbocycles. The molecule has 2 amide bonds. The number of hydrogen-bond acceptors (Lipinski definition) is 8. The van der Waals surface area contributed by atoms with Crippen molar-refractivity contribution in [3.8, 4) is 11.4 Å². The Balaban J connectivity index is 1.61. The number of hydrogen-bond donors (Lipinski definition) is 4. The van der Waals surface area contributed by atoms with Gasteiger partial charge in [0.05, 0.1) is 4.92 Å². The number of rotatable bonds is 12. The molecule has 0 aliphatic carbocycles. The Labute approximate surface area is 214 Å². The zero-order valence-corrected chi connectivity index (χ0v) is 20.7. The van der Waals surface area contributed by atoms with Crippen LogP contribution in [0.5, 0.6) is 0 Å². The van der Waals surface area contributed by atoms with E-state index in [1.54, 1.807) is 12.1 Å². The van der Waals surface area contributed by atoms with Crippen molar-refractivity contribution in [2.75, 3.05) is 36.8 Å². The Morgan fingerprint density at radius 2 is 1.57 bits per heavy atom. The Hall–Kier alpha value is -4.80. The molecule has 0 saturated heterocycles. The Morgan fingerprint density at radius 3 is 2.19 bits per heavy atom. The van der Waals surface area contributed by atoms with Gasteiger partial charge >= 0.3 is 0 Å². The highest BCUT2D eigenvalue weighted by molar-refractivity contribution is 5.91. The summed E-state index contributed by atoms with van der Waals surface area (Å²) in [6.45, 7) is 5.05. The van der Waals surface area contributed by atoms with Gasteiger partial charge in [0.1, 0.15) is 11.6 Å². The number of nitrogens with zero attached hydrogens (tertiary/aromatic N) is 3. The Kier molecular flexibility index (Phi) is 9.66. The minimum atomic E-state index is -0.481. The van der Waals surface area contributed by atoms with Crippen LogP contribution < -0.4 is 21.3 Å². The van der Waals surface area contributed by atoms with Gasteiger partial charge in [-0.3, -0.25) is 19.7 Å². The molecular formula is C26H29N7O4. The molecule has 4 N–H and O–H groups in total. The molecule has 37 heavy (non-hydrogen) atoms. The van der Waals surface area contributed by atoms with Crippen LogP contribution in [0.4, 0.5) is 17.3 Å². The summed E-state index contributed by atoms with van der Waals surface area (Å²) in [6, 6.07) is 15.6. The number of amides is 2. The third kappa shape index (κ3) is 8.42. The SMILES string of the molecule is CC(=O)NCCNc1nc(-c2ccccc2)nc(NCCNC(=O)/C=C/c2cccc([N+](=O)[O-])c2)c1C. The van der Waals surface area contributed by atoms with Gasteiger partial charge in [0.2, 0.25) is 11.8 Å². The number of carbonyl (C=O) groups is 2. The van der Waals surface area contributed by atoms with E-state index in [9.17, 15) is 19.7 Å². The van der Waals surface area contributed by atoms with Crippen LogP contribution in [0.2, 0.25) is 0 Å². The lowest BCUT2D eigenvalue weighted by Gasteiger charge is -2.15. The number of aromatic nitrogens is 2. The van der Waals surface area contributed by atoms with Crippen molar-refractivity contribution in [2.45, 2.75) is 13.8 Å². The zero-order valence-electron chi connectivity index (χ0n) is 20.7. The average molecular weight is 504 g/mol. The first-order chi connectivity index (χ1) is 17.8. The number of non-ortho nitro benzene ring substituents is 1. The van der Waals surface area contributed by atoms with E-state index in [-0.39, 0.29) is 17.5 Å². The van der Waals surface area contributed by atoms with E-state index in [1.807, 2.05) is 37.3 Å². The summed E-state index contributed by atoms with van der Waals surface area (Å²) < 4.78 is 0. The minimum absolute atomic E-state index is 0.0363. The highest BCUT2D eigenvalue weighted by Gasteiger charge is 2.12. The van der Waals surface area contributed by atoms with E-state index in [1.165, 1.54) is 31.2 Å². The van der Waals surface area contributed by atoms with Gasteiger partial charge in [-0.2, -0.15) is 0 Å². The molecule has 3 rings (SSSR count). The molecule has 1 heterocycles. The maximum atomic E-state index is 12.2. The fourth-order valence-electron chi connectivity index (χ4n) is 3.34. The van der Waals surface area contributed by atoms with Crippen molar-refractivity contribution in [3.05, 3.63) is 81.9 Å². The minimum Gasteiger partial charge on any atom is -0.368 e. The van der Waals surface area contributed by atoms with Gasteiger partial charge in [-0.05, 0) is 18.6 Å². The van der Waals surface area contributed by atoms with Crippen LogP contribution in [-0.4, -0.2) is 52.9 Å². The highest BCUT2D eigenvalue weighted by atomic mass is 16.6. The molecular weight excluding hydrogens is 474 g/mol. The zero-order chi connectivity index (χ0) is 26.6. The normalized spacial score (nSPS) is 10.6. The van der Waals surface area contributed by atoms with Gasteiger partial charge in [0.15, 0.2) is 5.82 Å². The monoisotopic (exact) mass is 503 g/mol. The van der Waals surface area contributed by atoms with Gasteiger partial charge in [-0.15, -0.1) is 0 Å². The van der Waals surface area contributed by atoms with Gasteiger partial charge in [-0.1, -0.05) is 42.5 Å². The number of carbonyl (C=O) groups excluding carboxylic acids is 2. The number of nitro groups is 1. The first-order valence-corrected chi connectivity index (χ1v) is 11.7. The summed E-state index contributed by atoms with van der Waals surface area (Å²) >= 11 is 0. The van der Waals surface area contributed by atoms with Crippen molar-refractivity contribution < 1.29 is 14.5 Å². The summed E-state index contributed by atoms with van der Waals surface area (Å²) in [6.07, 6.45) is 2.86. The fourth-order valence-corrected chi connectivity index (χ4v) is 3.34. The van der Waals surface area contributed by atoms with Crippen LogP contribution in [-0.2, 0) is 9.59 Å². The first-order valence-electron chi connectivity index (χ1n) is 11.7. The molecule has 0 fully saturated rings. The molecule has 0 unspecified atom stereocenters. The van der Waals surface area contributed by atoms with Crippen LogP contribution in [0.1, 0.15) is 18.1 Å². The quantitative estimate of drug-likeness (QED) is 0.127. The molecule has 0 aliphatic rings. The van der Waals surface area contributed by atoms with Gasteiger partial charge in [-0.25, -0.2) is 9.97 Å². The summed E-state index contributed by atoms with van der Waals surface area (Å²) in [7, 11) is 0.